The van der Waals surface area contributed by atoms with E-state index in [-0.39, 0.29) is 0 Å². The number of thioether (sulfide) groups is 1. The van der Waals surface area contributed by atoms with Gasteiger partial charge in [-0.15, -0.1) is 11.8 Å². The lowest BCUT2D eigenvalue weighted by Crippen LogP contribution is -2.01. The van der Waals surface area contributed by atoms with E-state index in [0.29, 0.717) is 0 Å². The molecule has 0 unspecified atom stereocenters. The molecule has 0 aliphatic carbocycles. The summed E-state index contributed by atoms with van der Waals surface area (Å²) in [6, 6.07) is 8.40. The van der Waals surface area contributed by atoms with Crippen molar-refractivity contribution in [1.29, 1.82) is 0 Å². The smallest absolute Gasteiger partial charge is 0.133 e. The molecule has 0 fully saturated rings. The highest BCUT2D eigenvalue weighted by Crippen LogP contribution is 2.24. The van der Waals surface area contributed by atoms with E-state index in [9.17, 15) is 0 Å². The van der Waals surface area contributed by atoms with Gasteiger partial charge in [0, 0.05) is 16.2 Å². The maximum absolute atomic E-state index is 5.34. The average molecular weight is 290 g/mol. The Kier molecular flexibility index (Phi) is 4.77. The van der Waals surface area contributed by atoms with Gasteiger partial charge in [-0.3, -0.25) is 0 Å². The number of aromatic nitrogens is 2. The Balaban J connectivity index is 2.17. The zero-order valence-corrected chi connectivity index (χ0v) is 13.1. The van der Waals surface area contributed by atoms with E-state index in [4.69, 9.17) is 12.2 Å². The topological polar surface area (TPSA) is 28.7 Å². The maximum atomic E-state index is 5.34. The van der Waals surface area contributed by atoms with Crippen LogP contribution in [-0.4, -0.2) is 9.97 Å². The number of benzene rings is 1. The van der Waals surface area contributed by atoms with E-state index in [2.05, 4.69) is 55.0 Å². The molecule has 2 rings (SSSR count). The molecule has 0 saturated carbocycles. The summed E-state index contributed by atoms with van der Waals surface area (Å²) in [6.07, 6.45) is 0.930. The van der Waals surface area contributed by atoms with E-state index in [1.165, 1.54) is 10.5 Å². The molecule has 0 amide bonds. The van der Waals surface area contributed by atoms with Crippen LogP contribution in [0.15, 0.2) is 29.2 Å². The van der Waals surface area contributed by atoms with Crippen molar-refractivity contribution in [3.8, 4) is 0 Å². The second kappa shape index (κ2) is 6.35. The molecule has 0 atom stereocenters. The summed E-state index contributed by atoms with van der Waals surface area (Å²) in [6.45, 7) is 6.30. The van der Waals surface area contributed by atoms with Crippen LogP contribution in [0.2, 0.25) is 0 Å². The minimum absolute atomic E-state index is 0.735. The molecule has 1 aromatic carbocycles. The van der Waals surface area contributed by atoms with Crippen molar-refractivity contribution in [2.24, 2.45) is 0 Å². The molecule has 2 aromatic rings. The summed E-state index contributed by atoms with van der Waals surface area (Å²) in [5.41, 5.74) is 3.59. The predicted octanol–water partition coefficient (Wildman–Crippen LogP) is 4.61. The molecule has 1 heterocycles. The van der Waals surface area contributed by atoms with Gasteiger partial charge >= 0.3 is 0 Å². The van der Waals surface area contributed by atoms with Gasteiger partial charge in [0.15, 0.2) is 0 Å². The Morgan fingerprint density at radius 3 is 2.63 bits per heavy atom. The second-order valence-corrected chi connectivity index (χ2v) is 5.90. The van der Waals surface area contributed by atoms with E-state index >= 15 is 0 Å². The van der Waals surface area contributed by atoms with Gasteiger partial charge in [-0.2, -0.15) is 0 Å². The Morgan fingerprint density at radius 1 is 1.26 bits per heavy atom. The van der Waals surface area contributed by atoms with Gasteiger partial charge in [0.2, 0.25) is 0 Å². The molecule has 2 nitrogen and oxygen atoms in total. The third kappa shape index (κ3) is 3.45. The number of aromatic amines is 1. The standard InChI is InChI=1S/C15H18N2S2/c1-4-12-11(3)16-14(17-15(12)18)9-19-13-8-6-5-7-10(13)2/h5-8H,4,9H2,1-3H3,(H,16,17,18). The normalized spacial score (nSPS) is 10.7. The number of H-pyrrole nitrogens is 1. The average Bonchev–Trinajstić information content (AvgIpc) is 2.37. The van der Waals surface area contributed by atoms with Gasteiger partial charge in [0.05, 0.1) is 5.75 Å². The number of rotatable bonds is 4. The zero-order valence-electron chi connectivity index (χ0n) is 11.5. The van der Waals surface area contributed by atoms with Crippen LogP contribution in [-0.2, 0) is 12.2 Å². The van der Waals surface area contributed by atoms with Crippen molar-refractivity contribution < 1.29 is 0 Å². The van der Waals surface area contributed by atoms with Crippen LogP contribution in [0.1, 0.15) is 29.6 Å². The van der Waals surface area contributed by atoms with Gasteiger partial charge in [-0.05, 0) is 31.9 Å². The first-order valence-corrected chi connectivity index (χ1v) is 7.78. The van der Waals surface area contributed by atoms with Crippen molar-refractivity contribution in [3.05, 3.63) is 51.6 Å². The lowest BCUT2D eigenvalue weighted by atomic mass is 10.2. The molecule has 0 saturated heterocycles. The molecule has 1 aromatic heterocycles. The van der Waals surface area contributed by atoms with E-state index in [1.54, 1.807) is 11.8 Å². The first kappa shape index (κ1) is 14.3. The van der Waals surface area contributed by atoms with Crippen LogP contribution in [0.4, 0.5) is 0 Å². The molecule has 0 spiro atoms. The van der Waals surface area contributed by atoms with Crippen molar-refractivity contribution in [2.75, 3.05) is 0 Å². The number of nitrogens with one attached hydrogen (secondary N) is 1. The minimum Gasteiger partial charge on any atom is -0.346 e. The van der Waals surface area contributed by atoms with Crippen molar-refractivity contribution in [2.45, 2.75) is 37.8 Å². The molecule has 0 aliphatic rings. The summed E-state index contributed by atoms with van der Waals surface area (Å²) < 4.78 is 0.735. The van der Waals surface area contributed by atoms with Gasteiger partial charge in [-0.1, -0.05) is 37.3 Å². The third-order valence-corrected chi connectivity index (χ3v) is 4.62. The Hall–Kier alpha value is -1.13. The quantitative estimate of drug-likeness (QED) is 0.658. The van der Waals surface area contributed by atoms with Crippen LogP contribution in [0, 0.1) is 18.5 Å². The molecule has 19 heavy (non-hydrogen) atoms. The zero-order chi connectivity index (χ0) is 13.8. The van der Waals surface area contributed by atoms with Crippen LogP contribution in [0.25, 0.3) is 0 Å². The highest BCUT2D eigenvalue weighted by molar-refractivity contribution is 7.98. The van der Waals surface area contributed by atoms with Gasteiger partial charge < -0.3 is 4.98 Å². The number of hydrogen-bond acceptors (Lipinski definition) is 3. The van der Waals surface area contributed by atoms with E-state index in [0.717, 1.165) is 33.9 Å². The second-order valence-electron chi connectivity index (χ2n) is 4.50. The third-order valence-electron chi connectivity index (χ3n) is 3.09. The number of hydrogen-bond donors (Lipinski definition) is 1. The first-order valence-electron chi connectivity index (χ1n) is 6.39. The summed E-state index contributed by atoms with van der Waals surface area (Å²) in [4.78, 5) is 9.14. The Bertz CT molecular complexity index is 632. The molecule has 0 bridgehead atoms. The largest absolute Gasteiger partial charge is 0.346 e. The molecule has 4 heteroatoms. The number of nitrogens with zero attached hydrogens (tertiary/aromatic N) is 1. The SMILES string of the molecule is CCc1c(C)[nH]c(CSc2ccccc2C)nc1=S. The first-order chi connectivity index (χ1) is 9.11. The molecule has 0 radical (unpaired) electrons. The fourth-order valence-corrected chi connectivity index (χ4v) is 3.33. The van der Waals surface area contributed by atoms with Gasteiger partial charge in [0.25, 0.3) is 0 Å². The van der Waals surface area contributed by atoms with Gasteiger partial charge in [-0.25, -0.2) is 4.98 Å². The lowest BCUT2D eigenvalue weighted by Gasteiger charge is -2.08. The summed E-state index contributed by atoms with van der Waals surface area (Å²) in [5.74, 6) is 1.77. The van der Waals surface area contributed by atoms with Crippen LogP contribution < -0.4 is 0 Å². The molecule has 1 N–H and O–H groups in total. The molecular formula is C15H18N2S2. The fraction of sp³-hybridized carbons (Fsp3) is 0.333. The van der Waals surface area contributed by atoms with Crippen LogP contribution in [0.3, 0.4) is 0 Å². The summed E-state index contributed by atoms with van der Waals surface area (Å²) >= 11 is 7.13. The Morgan fingerprint density at radius 2 is 2.00 bits per heavy atom. The Labute approximate surface area is 123 Å². The highest BCUT2D eigenvalue weighted by Gasteiger charge is 2.05. The summed E-state index contributed by atoms with van der Waals surface area (Å²) in [7, 11) is 0. The predicted molar refractivity (Wildman–Crippen MR) is 84.3 cm³/mol. The van der Waals surface area contributed by atoms with Crippen LogP contribution >= 0.6 is 24.0 Å². The minimum atomic E-state index is 0.735. The van der Waals surface area contributed by atoms with Gasteiger partial charge in [0.1, 0.15) is 10.5 Å². The lowest BCUT2D eigenvalue weighted by molar-refractivity contribution is 0.927. The van der Waals surface area contributed by atoms with Crippen LogP contribution in [0.5, 0.6) is 0 Å². The van der Waals surface area contributed by atoms with Crippen molar-refractivity contribution in [3.63, 3.8) is 0 Å². The van der Waals surface area contributed by atoms with E-state index in [1.807, 2.05) is 0 Å². The van der Waals surface area contributed by atoms with Crippen molar-refractivity contribution >= 4 is 24.0 Å². The molecule has 100 valence electrons. The summed E-state index contributed by atoms with van der Waals surface area (Å²) in [5, 5.41) is 0. The monoisotopic (exact) mass is 290 g/mol. The van der Waals surface area contributed by atoms with Crippen molar-refractivity contribution in [1.82, 2.24) is 9.97 Å². The maximum Gasteiger partial charge on any atom is 0.133 e. The highest BCUT2D eigenvalue weighted by atomic mass is 32.2. The number of aryl methyl sites for hydroxylation is 2. The molecular weight excluding hydrogens is 272 g/mol. The fourth-order valence-electron chi connectivity index (χ4n) is 2.02. The molecule has 0 aliphatic heterocycles. The van der Waals surface area contributed by atoms with E-state index < -0.39 is 0 Å².